The first kappa shape index (κ1) is 19.2. The highest BCUT2D eigenvalue weighted by Crippen LogP contribution is 2.37. The van der Waals surface area contributed by atoms with Gasteiger partial charge in [0.2, 0.25) is 5.91 Å². The Bertz CT molecular complexity index is 767. The van der Waals surface area contributed by atoms with Crippen LogP contribution < -0.4 is 10.6 Å². The summed E-state index contributed by atoms with van der Waals surface area (Å²) in [5.74, 6) is -3.35. The van der Waals surface area contributed by atoms with Gasteiger partial charge in [-0.3, -0.25) is 9.59 Å². The summed E-state index contributed by atoms with van der Waals surface area (Å²) in [6.07, 6.45) is -0.922. The van der Waals surface area contributed by atoms with Crippen molar-refractivity contribution < 1.29 is 33.4 Å². The zero-order valence-corrected chi connectivity index (χ0v) is 14.2. The number of amides is 4. The Hall–Kier alpha value is -3.17. The minimum Gasteiger partial charge on any atom is -0.468 e. The third kappa shape index (κ3) is 3.90. The molecule has 0 aliphatic heterocycles. The Labute approximate surface area is 148 Å². The third-order valence-electron chi connectivity index (χ3n) is 4.09. The minimum absolute atomic E-state index is 0.0409. The molecular weight excluding hydrogens is 349 g/mol. The van der Waals surface area contributed by atoms with E-state index in [1.54, 1.807) is 0 Å². The fourth-order valence-corrected chi connectivity index (χ4v) is 2.79. The fourth-order valence-electron chi connectivity index (χ4n) is 2.79. The Morgan fingerprint density at radius 3 is 2.62 bits per heavy atom. The van der Waals surface area contributed by atoms with Crippen LogP contribution in [-0.2, 0) is 20.7 Å². The molecule has 2 rings (SSSR count). The van der Waals surface area contributed by atoms with E-state index in [0.29, 0.717) is 22.4 Å². The molecular formula is C16H18FN3O6. The highest BCUT2D eigenvalue weighted by molar-refractivity contribution is 5.98. The summed E-state index contributed by atoms with van der Waals surface area (Å²) in [6.45, 7) is -0.741. The summed E-state index contributed by atoms with van der Waals surface area (Å²) in [6, 6.07) is 1.93. The number of imide groups is 1. The molecule has 1 atom stereocenters. The average molecular weight is 367 g/mol. The van der Waals surface area contributed by atoms with E-state index in [9.17, 15) is 28.7 Å². The molecule has 4 amide bonds. The molecule has 1 aromatic rings. The van der Waals surface area contributed by atoms with Gasteiger partial charge in [-0.2, -0.15) is 0 Å². The first-order valence-corrected chi connectivity index (χ1v) is 7.70. The van der Waals surface area contributed by atoms with Crippen LogP contribution in [0.1, 0.15) is 23.5 Å². The van der Waals surface area contributed by atoms with Gasteiger partial charge in [-0.15, -0.1) is 0 Å². The van der Waals surface area contributed by atoms with Gasteiger partial charge in [-0.25, -0.2) is 18.9 Å². The number of hydrogen-bond acceptors (Lipinski definition) is 5. The van der Waals surface area contributed by atoms with Crippen LogP contribution in [-0.4, -0.2) is 54.7 Å². The second kappa shape index (κ2) is 7.81. The molecule has 1 aliphatic rings. The maximum absolute atomic E-state index is 14.2. The molecule has 0 radical (unpaired) electrons. The SMILES string of the molecule is CNC(=O)Nc1cc2c(cc1F)[C@@H](C(=O)N(CC(=O)OC)C(=O)O)CC2. The lowest BCUT2D eigenvalue weighted by Crippen LogP contribution is -2.42. The molecule has 9 nitrogen and oxygen atoms in total. The molecule has 0 saturated heterocycles. The Balaban J connectivity index is 2.28. The van der Waals surface area contributed by atoms with Crippen LogP contribution in [0.3, 0.4) is 0 Å². The van der Waals surface area contributed by atoms with E-state index in [1.165, 1.54) is 13.1 Å². The second-order valence-electron chi connectivity index (χ2n) is 5.61. The van der Waals surface area contributed by atoms with Crippen molar-refractivity contribution >= 4 is 29.7 Å². The van der Waals surface area contributed by atoms with Crippen molar-refractivity contribution in [2.24, 2.45) is 0 Å². The van der Waals surface area contributed by atoms with Crippen LogP contribution in [0.5, 0.6) is 0 Å². The average Bonchev–Trinajstić information content (AvgIpc) is 3.01. The Kier molecular flexibility index (Phi) is 5.75. The van der Waals surface area contributed by atoms with Gasteiger partial charge in [-0.05, 0) is 36.1 Å². The molecule has 26 heavy (non-hydrogen) atoms. The molecule has 140 valence electrons. The molecule has 0 aromatic heterocycles. The lowest BCUT2D eigenvalue weighted by Gasteiger charge is -2.20. The molecule has 0 saturated carbocycles. The van der Waals surface area contributed by atoms with Crippen LogP contribution in [0.15, 0.2) is 12.1 Å². The van der Waals surface area contributed by atoms with Crippen molar-refractivity contribution in [1.29, 1.82) is 0 Å². The quantitative estimate of drug-likeness (QED) is 0.689. The van der Waals surface area contributed by atoms with E-state index in [1.807, 2.05) is 0 Å². The summed E-state index contributed by atoms with van der Waals surface area (Å²) in [5.41, 5.74) is 0.923. The van der Waals surface area contributed by atoms with Crippen molar-refractivity contribution in [1.82, 2.24) is 10.2 Å². The van der Waals surface area contributed by atoms with Gasteiger partial charge < -0.3 is 20.5 Å². The minimum atomic E-state index is -1.59. The number of anilines is 1. The zero-order chi connectivity index (χ0) is 19.4. The number of methoxy groups -OCH3 is 1. The van der Waals surface area contributed by atoms with Crippen molar-refractivity contribution in [2.75, 3.05) is 26.0 Å². The van der Waals surface area contributed by atoms with Crippen LogP contribution in [0, 0.1) is 5.82 Å². The fraction of sp³-hybridized carbons (Fsp3) is 0.375. The van der Waals surface area contributed by atoms with Crippen LogP contribution >= 0.6 is 0 Å². The van der Waals surface area contributed by atoms with Gasteiger partial charge in [0.1, 0.15) is 12.4 Å². The molecule has 0 bridgehead atoms. The monoisotopic (exact) mass is 367 g/mol. The first-order chi connectivity index (χ1) is 12.3. The van der Waals surface area contributed by atoms with Gasteiger partial charge in [0.15, 0.2) is 0 Å². The summed E-state index contributed by atoms with van der Waals surface area (Å²) in [5, 5.41) is 13.8. The molecule has 3 N–H and O–H groups in total. The van der Waals surface area contributed by atoms with E-state index < -0.39 is 42.3 Å². The molecule has 0 heterocycles. The van der Waals surface area contributed by atoms with Gasteiger partial charge in [-0.1, -0.05) is 0 Å². The van der Waals surface area contributed by atoms with Crippen LogP contribution in [0.2, 0.25) is 0 Å². The lowest BCUT2D eigenvalue weighted by atomic mass is 9.99. The number of urea groups is 1. The number of halogens is 1. The number of carbonyl (C=O) groups is 4. The second-order valence-corrected chi connectivity index (χ2v) is 5.61. The number of hydrogen-bond donors (Lipinski definition) is 3. The van der Waals surface area contributed by atoms with Crippen LogP contribution in [0.25, 0.3) is 0 Å². The number of nitrogens with zero attached hydrogens (tertiary/aromatic N) is 1. The smallest absolute Gasteiger partial charge is 0.414 e. The molecule has 0 fully saturated rings. The number of rotatable bonds is 4. The van der Waals surface area contributed by atoms with Gasteiger partial charge in [0, 0.05) is 7.05 Å². The van der Waals surface area contributed by atoms with Crippen molar-refractivity contribution in [2.45, 2.75) is 18.8 Å². The van der Waals surface area contributed by atoms with Gasteiger partial charge >= 0.3 is 18.1 Å². The largest absolute Gasteiger partial charge is 0.468 e. The lowest BCUT2D eigenvalue weighted by molar-refractivity contribution is -0.146. The number of benzene rings is 1. The summed E-state index contributed by atoms with van der Waals surface area (Å²) in [7, 11) is 2.46. The van der Waals surface area contributed by atoms with Crippen LogP contribution in [0.4, 0.5) is 19.7 Å². The summed E-state index contributed by atoms with van der Waals surface area (Å²) >= 11 is 0. The van der Waals surface area contributed by atoms with Crippen molar-refractivity contribution in [3.8, 4) is 0 Å². The maximum atomic E-state index is 14.2. The third-order valence-corrected chi connectivity index (χ3v) is 4.09. The predicted molar refractivity (Wildman–Crippen MR) is 87.3 cm³/mol. The number of carbonyl (C=O) groups excluding carboxylic acids is 3. The number of aryl methyl sites for hydroxylation is 1. The highest BCUT2D eigenvalue weighted by atomic mass is 19.1. The standard InChI is InChI=1S/C16H18FN3O6/c1-18-15(23)19-12-5-8-3-4-9(10(8)6-11(12)17)14(22)20(16(24)25)7-13(21)26-2/h5-6,9H,3-4,7H2,1-2H3,(H,24,25)(H2,18,19,23)/t9-/m0/s1. The first-order valence-electron chi connectivity index (χ1n) is 7.70. The zero-order valence-electron chi connectivity index (χ0n) is 14.2. The molecule has 10 heteroatoms. The molecule has 0 spiro atoms. The number of fused-ring (bicyclic) bond motifs is 1. The molecule has 1 aliphatic carbocycles. The van der Waals surface area contributed by atoms with E-state index in [2.05, 4.69) is 15.4 Å². The number of ether oxygens (including phenoxy) is 1. The number of esters is 1. The number of nitrogens with one attached hydrogen (secondary N) is 2. The van der Waals surface area contributed by atoms with Gasteiger partial charge in [0.25, 0.3) is 0 Å². The summed E-state index contributed by atoms with van der Waals surface area (Å²) < 4.78 is 18.6. The van der Waals surface area contributed by atoms with E-state index in [4.69, 9.17) is 0 Å². The topological polar surface area (TPSA) is 125 Å². The van der Waals surface area contributed by atoms with Crippen molar-refractivity contribution in [3.63, 3.8) is 0 Å². The van der Waals surface area contributed by atoms with E-state index in [-0.39, 0.29) is 12.1 Å². The molecule has 1 aromatic carbocycles. The maximum Gasteiger partial charge on any atom is 0.414 e. The van der Waals surface area contributed by atoms with E-state index in [0.717, 1.165) is 13.2 Å². The van der Waals surface area contributed by atoms with E-state index >= 15 is 0 Å². The van der Waals surface area contributed by atoms with Gasteiger partial charge in [0.05, 0.1) is 18.7 Å². The normalized spacial score (nSPS) is 15.0. The predicted octanol–water partition coefficient (Wildman–Crippen LogP) is 1.29. The molecule has 0 unspecified atom stereocenters. The Morgan fingerprint density at radius 1 is 1.35 bits per heavy atom. The Morgan fingerprint density at radius 2 is 2.04 bits per heavy atom. The number of carboxylic acid groups (broad SMARTS) is 1. The van der Waals surface area contributed by atoms with Crippen molar-refractivity contribution in [3.05, 3.63) is 29.1 Å². The summed E-state index contributed by atoms with van der Waals surface area (Å²) in [4.78, 5) is 46.9. The highest BCUT2D eigenvalue weighted by Gasteiger charge is 2.36.